The van der Waals surface area contributed by atoms with Crippen LogP contribution in [-0.2, 0) is 0 Å². The minimum atomic E-state index is 0. The lowest BCUT2D eigenvalue weighted by Gasteiger charge is -2.09. The molecule has 0 radical (unpaired) electrons. The second-order valence-electron chi connectivity index (χ2n) is 3.94. The third kappa shape index (κ3) is 3.40. The van der Waals surface area contributed by atoms with Crippen LogP contribution in [0.5, 0.6) is 11.5 Å². The molecule has 2 N–H and O–H groups in total. The molecule has 3 heteroatoms. The van der Waals surface area contributed by atoms with Gasteiger partial charge in [0.1, 0.15) is 11.5 Å². The molecule has 0 amide bonds. The summed E-state index contributed by atoms with van der Waals surface area (Å²) in [5.74, 6) is 1.70. The summed E-state index contributed by atoms with van der Waals surface area (Å²) in [4.78, 5) is 0. The van der Waals surface area contributed by atoms with Crippen LogP contribution in [0.3, 0.4) is 0 Å². The molecular formula is C14H16ClNO. The van der Waals surface area contributed by atoms with Crippen LogP contribution < -0.4 is 10.5 Å². The van der Waals surface area contributed by atoms with Crippen LogP contribution >= 0.6 is 12.4 Å². The standard InChI is InChI=1S/C14H15NO.ClH/c1-10-3-4-11(2)14(9-10)16-13-7-5-12(15)6-8-13;/h3-9H,15H2,1-2H3;1H. The molecular weight excluding hydrogens is 234 g/mol. The molecule has 2 aromatic rings. The first-order chi connectivity index (χ1) is 7.65. The molecule has 0 fully saturated rings. The van der Waals surface area contributed by atoms with Gasteiger partial charge in [-0.1, -0.05) is 12.1 Å². The summed E-state index contributed by atoms with van der Waals surface area (Å²) in [6.07, 6.45) is 0. The van der Waals surface area contributed by atoms with E-state index in [2.05, 4.69) is 19.1 Å². The normalized spacial score (nSPS) is 9.53. The summed E-state index contributed by atoms with van der Waals surface area (Å²) in [6, 6.07) is 13.6. The molecule has 2 nitrogen and oxygen atoms in total. The number of nitrogens with two attached hydrogens (primary N) is 1. The zero-order valence-electron chi connectivity index (χ0n) is 9.94. The molecule has 2 rings (SSSR count). The molecule has 0 aliphatic rings. The predicted octanol–water partition coefficient (Wildman–Crippen LogP) is 4.10. The largest absolute Gasteiger partial charge is 0.457 e. The Balaban J connectivity index is 0.00000144. The number of anilines is 1. The second kappa shape index (κ2) is 5.60. The van der Waals surface area contributed by atoms with Crippen molar-refractivity contribution in [3.8, 4) is 11.5 Å². The van der Waals surface area contributed by atoms with Gasteiger partial charge < -0.3 is 10.5 Å². The zero-order valence-corrected chi connectivity index (χ0v) is 10.8. The van der Waals surface area contributed by atoms with Crippen molar-refractivity contribution in [1.82, 2.24) is 0 Å². The van der Waals surface area contributed by atoms with E-state index in [0.29, 0.717) is 0 Å². The first kappa shape index (κ1) is 13.4. The fourth-order valence-corrected chi connectivity index (χ4v) is 1.48. The highest BCUT2D eigenvalue weighted by atomic mass is 35.5. The van der Waals surface area contributed by atoms with Gasteiger partial charge in [-0.3, -0.25) is 0 Å². The molecule has 0 aromatic heterocycles. The van der Waals surface area contributed by atoms with Crippen LogP contribution in [0.4, 0.5) is 5.69 Å². The maximum Gasteiger partial charge on any atom is 0.130 e. The van der Waals surface area contributed by atoms with Gasteiger partial charge in [0.25, 0.3) is 0 Å². The lowest BCUT2D eigenvalue weighted by molar-refractivity contribution is 0.478. The lowest BCUT2D eigenvalue weighted by Crippen LogP contribution is -1.89. The molecule has 2 aromatic carbocycles. The van der Waals surface area contributed by atoms with Crippen LogP contribution in [0.2, 0.25) is 0 Å². The Kier molecular flexibility index (Phi) is 4.41. The second-order valence-corrected chi connectivity index (χ2v) is 3.94. The van der Waals surface area contributed by atoms with Crippen molar-refractivity contribution < 1.29 is 4.74 Å². The number of hydrogen-bond acceptors (Lipinski definition) is 2. The van der Waals surface area contributed by atoms with E-state index in [4.69, 9.17) is 10.5 Å². The van der Waals surface area contributed by atoms with Gasteiger partial charge in [0.15, 0.2) is 0 Å². The van der Waals surface area contributed by atoms with Crippen LogP contribution in [0, 0.1) is 13.8 Å². The fraction of sp³-hybridized carbons (Fsp3) is 0.143. The fourth-order valence-electron chi connectivity index (χ4n) is 1.48. The van der Waals surface area contributed by atoms with Crippen molar-refractivity contribution >= 4 is 18.1 Å². The van der Waals surface area contributed by atoms with Crippen molar-refractivity contribution in [3.05, 3.63) is 53.6 Å². The summed E-state index contributed by atoms with van der Waals surface area (Å²) >= 11 is 0. The highest BCUT2D eigenvalue weighted by Crippen LogP contribution is 2.26. The van der Waals surface area contributed by atoms with E-state index in [1.807, 2.05) is 37.3 Å². The van der Waals surface area contributed by atoms with Gasteiger partial charge in [-0.15, -0.1) is 12.4 Å². The van der Waals surface area contributed by atoms with Gasteiger partial charge >= 0.3 is 0 Å². The van der Waals surface area contributed by atoms with Gasteiger partial charge in [-0.25, -0.2) is 0 Å². The minimum Gasteiger partial charge on any atom is -0.457 e. The number of nitrogen functional groups attached to an aromatic ring is 1. The molecule has 0 saturated carbocycles. The van der Waals surface area contributed by atoms with E-state index in [9.17, 15) is 0 Å². The monoisotopic (exact) mass is 249 g/mol. The van der Waals surface area contributed by atoms with Crippen LogP contribution in [-0.4, -0.2) is 0 Å². The van der Waals surface area contributed by atoms with E-state index in [1.165, 1.54) is 5.56 Å². The summed E-state index contributed by atoms with van der Waals surface area (Å²) in [7, 11) is 0. The van der Waals surface area contributed by atoms with E-state index in [-0.39, 0.29) is 12.4 Å². The molecule has 0 heterocycles. The maximum atomic E-state index is 5.79. The van der Waals surface area contributed by atoms with Gasteiger partial charge in [-0.2, -0.15) is 0 Å². The molecule has 0 saturated heterocycles. The number of aryl methyl sites for hydroxylation is 2. The minimum absolute atomic E-state index is 0. The number of benzene rings is 2. The van der Waals surface area contributed by atoms with E-state index in [1.54, 1.807) is 0 Å². The van der Waals surface area contributed by atoms with Crippen LogP contribution in [0.1, 0.15) is 11.1 Å². The molecule has 17 heavy (non-hydrogen) atoms. The zero-order chi connectivity index (χ0) is 11.5. The predicted molar refractivity (Wildman–Crippen MR) is 74.1 cm³/mol. The van der Waals surface area contributed by atoms with Gasteiger partial charge in [0.05, 0.1) is 0 Å². The Labute approximate surface area is 108 Å². The lowest BCUT2D eigenvalue weighted by atomic mass is 10.1. The maximum absolute atomic E-state index is 5.79. The van der Waals surface area contributed by atoms with Crippen molar-refractivity contribution in [2.75, 3.05) is 5.73 Å². The number of halogens is 1. The summed E-state index contributed by atoms with van der Waals surface area (Å²) in [5, 5.41) is 0. The summed E-state index contributed by atoms with van der Waals surface area (Å²) < 4.78 is 5.79. The first-order valence-electron chi connectivity index (χ1n) is 5.26. The number of ether oxygens (including phenoxy) is 1. The van der Waals surface area contributed by atoms with Crippen LogP contribution in [0.25, 0.3) is 0 Å². The smallest absolute Gasteiger partial charge is 0.130 e. The highest BCUT2D eigenvalue weighted by Gasteiger charge is 2.01. The topological polar surface area (TPSA) is 35.2 Å². The molecule has 0 spiro atoms. The van der Waals surface area contributed by atoms with Gasteiger partial charge in [0.2, 0.25) is 0 Å². The molecule has 0 atom stereocenters. The Morgan fingerprint density at radius 2 is 1.59 bits per heavy atom. The average molecular weight is 250 g/mol. The van der Waals surface area contributed by atoms with Crippen molar-refractivity contribution in [2.24, 2.45) is 0 Å². The Hall–Kier alpha value is -1.67. The van der Waals surface area contributed by atoms with Gasteiger partial charge in [-0.05, 0) is 55.3 Å². The third-order valence-electron chi connectivity index (χ3n) is 2.45. The van der Waals surface area contributed by atoms with Gasteiger partial charge in [0, 0.05) is 5.69 Å². The van der Waals surface area contributed by atoms with Crippen molar-refractivity contribution in [2.45, 2.75) is 13.8 Å². The number of hydrogen-bond donors (Lipinski definition) is 1. The molecule has 0 aliphatic carbocycles. The molecule has 90 valence electrons. The Bertz CT molecular complexity index is 494. The van der Waals surface area contributed by atoms with E-state index in [0.717, 1.165) is 22.7 Å². The highest BCUT2D eigenvalue weighted by molar-refractivity contribution is 5.85. The molecule has 0 aliphatic heterocycles. The van der Waals surface area contributed by atoms with E-state index < -0.39 is 0 Å². The molecule has 0 bridgehead atoms. The third-order valence-corrected chi connectivity index (χ3v) is 2.45. The van der Waals surface area contributed by atoms with Crippen molar-refractivity contribution in [3.63, 3.8) is 0 Å². The summed E-state index contributed by atoms with van der Waals surface area (Å²) in [5.41, 5.74) is 8.68. The first-order valence-corrected chi connectivity index (χ1v) is 5.26. The Morgan fingerprint density at radius 3 is 2.24 bits per heavy atom. The summed E-state index contributed by atoms with van der Waals surface area (Å²) in [6.45, 7) is 4.08. The van der Waals surface area contributed by atoms with Crippen LogP contribution in [0.15, 0.2) is 42.5 Å². The van der Waals surface area contributed by atoms with Crippen molar-refractivity contribution in [1.29, 1.82) is 0 Å². The van der Waals surface area contributed by atoms with E-state index >= 15 is 0 Å². The average Bonchev–Trinajstić information content (AvgIpc) is 2.27. The quantitative estimate of drug-likeness (QED) is 0.814. The Morgan fingerprint density at radius 1 is 0.941 bits per heavy atom. The number of rotatable bonds is 2. The SMILES string of the molecule is Cc1ccc(C)c(Oc2ccc(N)cc2)c1.Cl. The molecule has 0 unspecified atom stereocenters.